The lowest BCUT2D eigenvalue weighted by molar-refractivity contribution is -0.142. The van der Waals surface area contributed by atoms with Crippen LogP contribution in [-0.4, -0.2) is 41.1 Å². The van der Waals surface area contributed by atoms with Gasteiger partial charge in [0.05, 0.1) is 13.2 Å². The molecule has 0 spiro atoms. The van der Waals surface area contributed by atoms with Gasteiger partial charge in [0, 0.05) is 6.92 Å². The molecule has 1 aromatic rings. The number of hydrogen-bond acceptors (Lipinski definition) is 7. The Hall–Kier alpha value is -2.38. The summed E-state index contributed by atoms with van der Waals surface area (Å²) in [5.41, 5.74) is -0.306. The molecule has 0 aromatic carbocycles. The normalized spacial score (nSPS) is 9.95. The highest BCUT2D eigenvalue weighted by molar-refractivity contribution is 6.00. The van der Waals surface area contributed by atoms with Crippen LogP contribution < -0.4 is 0 Å². The van der Waals surface area contributed by atoms with E-state index in [1.165, 1.54) is 6.92 Å². The number of esters is 3. The van der Waals surface area contributed by atoms with Crippen molar-refractivity contribution in [3.63, 3.8) is 0 Å². The summed E-state index contributed by atoms with van der Waals surface area (Å²) >= 11 is 0. The van der Waals surface area contributed by atoms with Crippen molar-refractivity contribution in [2.24, 2.45) is 0 Å². The van der Waals surface area contributed by atoms with E-state index < -0.39 is 17.9 Å². The van der Waals surface area contributed by atoms with Gasteiger partial charge < -0.3 is 19.2 Å². The van der Waals surface area contributed by atoms with Crippen LogP contribution in [0, 0.1) is 0 Å². The summed E-state index contributed by atoms with van der Waals surface area (Å²) in [5, 5.41) is 0. The molecule has 0 saturated carbocycles. The van der Waals surface area contributed by atoms with E-state index in [2.05, 4.69) is 9.97 Å². The maximum Gasteiger partial charge on any atom is 0.359 e. The van der Waals surface area contributed by atoms with Crippen LogP contribution in [-0.2, 0) is 25.6 Å². The maximum atomic E-state index is 11.7. The lowest BCUT2D eigenvalue weighted by Crippen LogP contribution is -2.13. The highest BCUT2D eigenvalue weighted by Crippen LogP contribution is 2.11. The Morgan fingerprint density at radius 1 is 1.05 bits per heavy atom. The lowest BCUT2D eigenvalue weighted by Gasteiger charge is -2.01. The molecule has 0 bridgehead atoms. The van der Waals surface area contributed by atoms with E-state index in [1.807, 2.05) is 0 Å². The molecule has 110 valence electrons. The van der Waals surface area contributed by atoms with Crippen LogP contribution in [0.5, 0.6) is 0 Å². The van der Waals surface area contributed by atoms with Gasteiger partial charge in [0.2, 0.25) is 0 Å². The molecule has 0 unspecified atom stereocenters. The predicted octanol–water partition coefficient (Wildman–Crippen LogP) is 0.826. The summed E-state index contributed by atoms with van der Waals surface area (Å²) in [4.78, 5) is 40.6. The molecule has 1 rings (SSSR count). The number of nitrogens with one attached hydrogen (secondary N) is 1. The summed E-state index contributed by atoms with van der Waals surface area (Å²) in [7, 11) is 0. The number of carbonyl (C=O) groups is 3. The smallest absolute Gasteiger partial charge is 0.359 e. The third kappa shape index (κ3) is 4.08. The highest BCUT2D eigenvalue weighted by Gasteiger charge is 2.25. The Morgan fingerprint density at radius 2 is 1.65 bits per heavy atom. The van der Waals surface area contributed by atoms with Gasteiger partial charge in [0.15, 0.2) is 11.4 Å². The summed E-state index contributed by atoms with van der Waals surface area (Å²) in [6, 6.07) is 0. The molecular formula is C12H16N2O6. The Bertz CT molecular complexity index is 473. The second-order valence-corrected chi connectivity index (χ2v) is 3.63. The van der Waals surface area contributed by atoms with Crippen molar-refractivity contribution in [3.05, 3.63) is 17.2 Å². The second-order valence-electron chi connectivity index (χ2n) is 3.63. The third-order valence-corrected chi connectivity index (χ3v) is 2.11. The van der Waals surface area contributed by atoms with Crippen molar-refractivity contribution in [3.8, 4) is 0 Å². The number of H-pyrrole nitrogens is 1. The van der Waals surface area contributed by atoms with Crippen molar-refractivity contribution in [2.75, 3.05) is 13.2 Å². The third-order valence-electron chi connectivity index (χ3n) is 2.11. The summed E-state index contributed by atoms with van der Waals surface area (Å²) in [6.45, 7) is 4.63. The molecule has 1 heterocycles. The molecule has 0 fully saturated rings. The first kappa shape index (κ1) is 15.7. The SMILES string of the molecule is CCOC(=O)c1nc(COC(C)=O)[nH]c1C(=O)OCC. The van der Waals surface area contributed by atoms with E-state index in [1.54, 1.807) is 13.8 Å². The van der Waals surface area contributed by atoms with Crippen molar-refractivity contribution < 1.29 is 28.6 Å². The zero-order valence-corrected chi connectivity index (χ0v) is 11.5. The van der Waals surface area contributed by atoms with E-state index in [-0.39, 0.29) is 37.0 Å². The van der Waals surface area contributed by atoms with Gasteiger partial charge in [-0.15, -0.1) is 0 Å². The number of nitrogens with zero attached hydrogens (tertiary/aromatic N) is 1. The first-order valence-electron chi connectivity index (χ1n) is 6.06. The quantitative estimate of drug-likeness (QED) is 0.608. The first-order chi connectivity index (χ1) is 9.49. The van der Waals surface area contributed by atoms with Crippen LogP contribution in [0.4, 0.5) is 0 Å². The van der Waals surface area contributed by atoms with Crippen LogP contribution in [0.25, 0.3) is 0 Å². The van der Waals surface area contributed by atoms with E-state index in [0.717, 1.165) is 0 Å². The zero-order valence-electron chi connectivity index (χ0n) is 11.5. The minimum atomic E-state index is -0.749. The molecule has 0 aliphatic heterocycles. The van der Waals surface area contributed by atoms with E-state index in [9.17, 15) is 14.4 Å². The minimum Gasteiger partial charge on any atom is -0.461 e. The largest absolute Gasteiger partial charge is 0.461 e. The van der Waals surface area contributed by atoms with Crippen LogP contribution in [0.2, 0.25) is 0 Å². The molecule has 8 heteroatoms. The monoisotopic (exact) mass is 284 g/mol. The number of aromatic amines is 1. The number of rotatable bonds is 6. The number of hydrogen-bond donors (Lipinski definition) is 1. The van der Waals surface area contributed by atoms with Crippen LogP contribution >= 0.6 is 0 Å². The zero-order chi connectivity index (χ0) is 15.1. The van der Waals surface area contributed by atoms with Gasteiger partial charge in [0.25, 0.3) is 0 Å². The van der Waals surface area contributed by atoms with Crippen molar-refractivity contribution in [1.82, 2.24) is 9.97 Å². The van der Waals surface area contributed by atoms with Crippen molar-refractivity contribution in [1.29, 1.82) is 0 Å². The highest BCUT2D eigenvalue weighted by atomic mass is 16.5. The summed E-state index contributed by atoms with van der Waals surface area (Å²) < 4.78 is 14.3. The van der Waals surface area contributed by atoms with E-state index in [0.29, 0.717) is 0 Å². The standard InChI is InChI=1S/C12H16N2O6/c1-4-18-11(16)9-10(12(17)19-5-2)14-8(13-9)6-20-7(3)15/h4-6H2,1-3H3,(H,13,14). The maximum absolute atomic E-state index is 11.7. The fourth-order valence-corrected chi connectivity index (χ4v) is 1.36. The molecule has 20 heavy (non-hydrogen) atoms. The average Bonchev–Trinajstić information content (AvgIpc) is 2.81. The molecule has 8 nitrogen and oxygen atoms in total. The number of carbonyl (C=O) groups excluding carboxylic acids is 3. The molecule has 0 saturated heterocycles. The summed E-state index contributed by atoms with van der Waals surface area (Å²) in [5.74, 6) is -1.82. The van der Waals surface area contributed by atoms with Gasteiger partial charge in [0.1, 0.15) is 12.4 Å². The fraction of sp³-hybridized carbons (Fsp3) is 0.500. The van der Waals surface area contributed by atoms with Gasteiger partial charge >= 0.3 is 17.9 Å². The molecule has 0 radical (unpaired) electrons. The molecule has 0 aliphatic carbocycles. The van der Waals surface area contributed by atoms with Gasteiger partial charge in [-0.2, -0.15) is 0 Å². The van der Waals surface area contributed by atoms with Gasteiger partial charge in [-0.1, -0.05) is 0 Å². The number of aromatic nitrogens is 2. The lowest BCUT2D eigenvalue weighted by atomic mass is 10.3. The Labute approximate surface area is 115 Å². The minimum absolute atomic E-state index is 0.118. The van der Waals surface area contributed by atoms with Gasteiger partial charge in [-0.25, -0.2) is 14.6 Å². The van der Waals surface area contributed by atoms with Crippen LogP contribution in [0.3, 0.4) is 0 Å². The molecule has 0 atom stereocenters. The molecule has 1 N–H and O–H groups in total. The van der Waals surface area contributed by atoms with Gasteiger partial charge in [-0.3, -0.25) is 4.79 Å². The Balaban J connectivity index is 3.01. The second kappa shape index (κ2) is 7.27. The summed E-state index contributed by atoms with van der Waals surface area (Å²) in [6.07, 6.45) is 0. The molecule has 1 aromatic heterocycles. The average molecular weight is 284 g/mol. The van der Waals surface area contributed by atoms with E-state index >= 15 is 0 Å². The number of ether oxygens (including phenoxy) is 3. The molecule has 0 aliphatic rings. The number of imidazole rings is 1. The predicted molar refractivity (Wildman–Crippen MR) is 66.0 cm³/mol. The van der Waals surface area contributed by atoms with E-state index in [4.69, 9.17) is 14.2 Å². The topological polar surface area (TPSA) is 108 Å². The fourth-order valence-electron chi connectivity index (χ4n) is 1.36. The molecule has 0 amide bonds. The van der Waals surface area contributed by atoms with Gasteiger partial charge in [-0.05, 0) is 13.8 Å². The van der Waals surface area contributed by atoms with Crippen molar-refractivity contribution >= 4 is 17.9 Å². The van der Waals surface area contributed by atoms with Crippen molar-refractivity contribution in [2.45, 2.75) is 27.4 Å². The Kier molecular flexibility index (Phi) is 5.70. The Morgan fingerprint density at radius 3 is 2.20 bits per heavy atom. The van der Waals surface area contributed by atoms with Crippen LogP contribution in [0.1, 0.15) is 47.6 Å². The first-order valence-corrected chi connectivity index (χ1v) is 6.06. The molecular weight excluding hydrogens is 268 g/mol. The van der Waals surface area contributed by atoms with Crippen LogP contribution in [0.15, 0.2) is 0 Å².